The Morgan fingerprint density at radius 2 is 2.14 bits per heavy atom. The van der Waals surface area contributed by atoms with Crippen molar-refractivity contribution in [3.63, 3.8) is 0 Å². The summed E-state index contributed by atoms with van der Waals surface area (Å²) in [5.74, 6) is 0. The van der Waals surface area contributed by atoms with Crippen molar-refractivity contribution in [2.75, 3.05) is 26.7 Å². The molecule has 0 aromatic carbocycles. The van der Waals surface area contributed by atoms with Crippen LogP contribution in [0.5, 0.6) is 0 Å². The molecule has 1 aliphatic rings. The third kappa shape index (κ3) is 4.20. The van der Waals surface area contributed by atoms with Crippen molar-refractivity contribution >= 4 is 22.9 Å². The predicted molar refractivity (Wildman–Crippen MR) is 93.2 cm³/mol. The molecule has 3 nitrogen and oxygen atoms in total. The maximum Gasteiger partial charge on any atom is 0.0931 e. The smallest absolute Gasteiger partial charge is 0.0931 e. The second-order valence-corrected chi connectivity index (χ2v) is 7.82. The Morgan fingerprint density at radius 3 is 2.71 bits per heavy atom. The van der Waals surface area contributed by atoms with Gasteiger partial charge in [0.05, 0.1) is 10.4 Å². The first-order valence-corrected chi connectivity index (χ1v) is 9.21. The van der Waals surface area contributed by atoms with Crippen LogP contribution in [0.3, 0.4) is 0 Å². The van der Waals surface area contributed by atoms with E-state index in [1.165, 1.54) is 17.8 Å². The third-order valence-electron chi connectivity index (χ3n) is 4.54. The van der Waals surface area contributed by atoms with Crippen LogP contribution in [0.15, 0.2) is 12.1 Å². The first-order valence-electron chi connectivity index (χ1n) is 8.01. The van der Waals surface area contributed by atoms with Crippen molar-refractivity contribution < 1.29 is 0 Å². The fourth-order valence-corrected chi connectivity index (χ4v) is 4.58. The molecule has 1 saturated heterocycles. The number of halogens is 1. The molecule has 120 valence electrons. The van der Waals surface area contributed by atoms with E-state index in [1.807, 2.05) is 6.07 Å². The Hall–Kier alpha value is -0.130. The normalized spacial score (nSPS) is 24.7. The predicted octanol–water partition coefficient (Wildman–Crippen LogP) is 3.60. The van der Waals surface area contributed by atoms with E-state index in [0.29, 0.717) is 12.1 Å². The molecule has 1 aliphatic heterocycles. The fraction of sp³-hybridized carbons (Fsp3) is 0.750. The van der Waals surface area contributed by atoms with Crippen LogP contribution in [0.1, 0.15) is 44.0 Å². The zero-order valence-electron chi connectivity index (χ0n) is 13.4. The van der Waals surface area contributed by atoms with E-state index in [-0.39, 0.29) is 6.04 Å². The van der Waals surface area contributed by atoms with Crippen LogP contribution in [0, 0.1) is 0 Å². The minimum absolute atomic E-state index is 0.164. The minimum Gasteiger partial charge on any atom is -0.326 e. The van der Waals surface area contributed by atoms with Crippen molar-refractivity contribution in [1.82, 2.24) is 9.80 Å². The number of hydrogen-bond acceptors (Lipinski definition) is 4. The molecule has 3 unspecified atom stereocenters. The summed E-state index contributed by atoms with van der Waals surface area (Å²) < 4.78 is 0.860. The van der Waals surface area contributed by atoms with Crippen molar-refractivity contribution in [2.45, 2.75) is 51.2 Å². The average Bonchev–Trinajstić information content (AvgIpc) is 2.80. The van der Waals surface area contributed by atoms with Gasteiger partial charge in [-0.1, -0.05) is 25.4 Å². The van der Waals surface area contributed by atoms with Gasteiger partial charge >= 0.3 is 0 Å². The molecule has 1 aromatic rings. The topological polar surface area (TPSA) is 32.5 Å². The van der Waals surface area contributed by atoms with Gasteiger partial charge in [0.2, 0.25) is 0 Å². The molecule has 0 spiro atoms. The zero-order chi connectivity index (χ0) is 15.4. The van der Waals surface area contributed by atoms with Crippen LogP contribution in [-0.4, -0.2) is 48.6 Å². The Morgan fingerprint density at radius 1 is 1.38 bits per heavy atom. The van der Waals surface area contributed by atoms with Crippen molar-refractivity contribution in [3.8, 4) is 0 Å². The van der Waals surface area contributed by atoms with Crippen molar-refractivity contribution in [1.29, 1.82) is 0 Å². The van der Waals surface area contributed by atoms with E-state index in [9.17, 15) is 0 Å². The molecule has 0 saturated carbocycles. The van der Waals surface area contributed by atoms with E-state index < -0.39 is 0 Å². The van der Waals surface area contributed by atoms with Gasteiger partial charge in [0, 0.05) is 30.1 Å². The van der Waals surface area contributed by atoms with Crippen molar-refractivity contribution in [2.24, 2.45) is 5.73 Å². The van der Waals surface area contributed by atoms with Crippen LogP contribution >= 0.6 is 22.9 Å². The van der Waals surface area contributed by atoms with Gasteiger partial charge in [0.25, 0.3) is 0 Å². The average molecular weight is 330 g/mol. The molecule has 0 aliphatic carbocycles. The molecular weight excluding hydrogens is 302 g/mol. The van der Waals surface area contributed by atoms with Gasteiger partial charge in [0.15, 0.2) is 0 Å². The molecule has 21 heavy (non-hydrogen) atoms. The van der Waals surface area contributed by atoms with Crippen LogP contribution in [0.2, 0.25) is 4.34 Å². The molecule has 2 N–H and O–H groups in total. The van der Waals surface area contributed by atoms with Gasteiger partial charge in [-0.3, -0.25) is 4.90 Å². The number of hydrogen-bond donors (Lipinski definition) is 1. The maximum absolute atomic E-state index is 6.50. The minimum atomic E-state index is 0.164. The molecule has 1 aromatic heterocycles. The number of nitrogens with zero attached hydrogens (tertiary/aromatic N) is 2. The van der Waals surface area contributed by atoms with Gasteiger partial charge in [-0.05, 0) is 45.0 Å². The Balaban J connectivity index is 2.29. The summed E-state index contributed by atoms with van der Waals surface area (Å²) in [6.07, 6.45) is 3.36. The zero-order valence-corrected chi connectivity index (χ0v) is 15.0. The molecule has 0 radical (unpaired) electrons. The summed E-state index contributed by atoms with van der Waals surface area (Å²) in [6, 6.07) is 5.19. The highest BCUT2D eigenvalue weighted by atomic mass is 35.5. The second kappa shape index (κ2) is 7.93. The third-order valence-corrected chi connectivity index (χ3v) is 5.84. The molecule has 1 fully saturated rings. The lowest BCUT2D eigenvalue weighted by Crippen LogP contribution is -2.47. The molecule has 2 rings (SSSR count). The second-order valence-electron chi connectivity index (χ2n) is 6.07. The first kappa shape index (κ1) is 17.2. The Bertz CT molecular complexity index is 437. The highest BCUT2D eigenvalue weighted by Gasteiger charge is 2.33. The van der Waals surface area contributed by atoms with E-state index in [1.54, 1.807) is 11.3 Å². The van der Waals surface area contributed by atoms with Gasteiger partial charge in [-0.25, -0.2) is 0 Å². The Kier molecular flexibility index (Phi) is 6.51. The van der Waals surface area contributed by atoms with Gasteiger partial charge in [-0.15, -0.1) is 11.3 Å². The summed E-state index contributed by atoms with van der Waals surface area (Å²) in [6.45, 7) is 7.89. The molecular formula is C16H28ClN3S. The number of likely N-dealkylation sites (N-methyl/N-ethyl adjacent to an activating group) is 1. The molecule has 2 heterocycles. The monoisotopic (exact) mass is 329 g/mol. The molecule has 0 bridgehead atoms. The lowest BCUT2D eigenvalue weighted by Gasteiger charge is -2.39. The van der Waals surface area contributed by atoms with Crippen molar-refractivity contribution in [3.05, 3.63) is 21.3 Å². The summed E-state index contributed by atoms with van der Waals surface area (Å²) >= 11 is 7.85. The summed E-state index contributed by atoms with van der Waals surface area (Å²) in [7, 11) is 2.23. The van der Waals surface area contributed by atoms with Crippen LogP contribution in [0.4, 0.5) is 0 Å². The largest absolute Gasteiger partial charge is 0.326 e. The van der Waals surface area contributed by atoms with Gasteiger partial charge in [-0.2, -0.15) is 0 Å². The lowest BCUT2D eigenvalue weighted by molar-refractivity contribution is 0.111. The quantitative estimate of drug-likeness (QED) is 0.896. The summed E-state index contributed by atoms with van der Waals surface area (Å²) in [5, 5.41) is 0. The van der Waals surface area contributed by atoms with Gasteiger partial charge in [0.1, 0.15) is 0 Å². The van der Waals surface area contributed by atoms with E-state index >= 15 is 0 Å². The van der Waals surface area contributed by atoms with Crippen LogP contribution in [-0.2, 0) is 0 Å². The maximum atomic E-state index is 6.50. The molecule has 5 heteroatoms. The number of nitrogens with two attached hydrogens (primary N) is 1. The summed E-state index contributed by atoms with van der Waals surface area (Å²) in [5.41, 5.74) is 6.50. The molecule has 0 amide bonds. The van der Waals surface area contributed by atoms with Crippen LogP contribution < -0.4 is 5.73 Å². The van der Waals surface area contributed by atoms with Crippen LogP contribution in [0.25, 0.3) is 0 Å². The first-order chi connectivity index (χ1) is 10.1. The fourth-order valence-electron chi connectivity index (χ4n) is 3.32. The number of thiophene rings is 1. The molecule has 3 atom stereocenters. The van der Waals surface area contributed by atoms with E-state index in [2.05, 4.69) is 36.8 Å². The standard InChI is InChI=1S/C16H28ClN3S/c1-4-12-11-19(3)9-6-10-20(12)16(13(18)5-2)14-7-8-15(17)21-14/h7-8,12-13,16H,4-6,9-11,18H2,1-3H3. The highest BCUT2D eigenvalue weighted by Crippen LogP contribution is 2.35. The van der Waals surface area contributed by atoms with Gasteiger partial charge < -0.3 is 10.6 Å². The highest BCUT2D eigenvalue weighted by molar-refractivity contribution is 7.16. The number of rotatable bonds is 5. The van der Waals surface area contributed by atoms with E-state index in [4.69, 9.17) is 17.3 Å². The lowest BCUT2D eigenvalue weighted by atomic mass is 10.00. The summed E-state index contributed by atoms with van der Waals surface area (Å²) in [4.78, 5) is 6.40. The Labute approximate surface area is 138 Å². The SMILES string of the molecule is CCC(N)C(c1ccc(Cl)s1)N1CCCN(C)CC1CC. The van der Waals surface area contributed by atoms with E-state index in [0.717, 1.165) is 30.3 Å².